The van der Waals surface area contributed by atoms with E-state index in [1.807, 2.05) is 6.07 Å². The number of benzene rings is 1. The zero-order valence-corrected chi connectivity index (χ0v) is 17.3. The number of ether oxygens (including phenoxy) is 1. The summed E-state index contributed by atoms with van der Waals surface area (Å²) in [5.74, 6) is -0.844. The van der Waals surface area contributed by atoms with Gasteiger partial charge in [-0.15, -0.1) is 0 Å². The van der Waals surface area contributed by atoms with Crippen molar-refractivity contribution < 1.29 is 18.3 Å². The van der Waals surface area contributed by atoms with Crippen molar-refractivity contribution in [2.75, 3.05) is 6.61 Å². The minimum Gasteiger partial charge on any atom is -0.466 e. The summed E-state index contributed by atoms with van der Waals surface area (Å²) in [4.78, 5) is 11.7. The molecule has 0 amide bonds. The summed E-state index contributed by atoms with van der Waals surface area (Å²) >= 11 is 3.30. The van der Waals surface area contributed by atoms with Crippen LogP contribution < -0.4 is 0 Å². The molecule has 1 aromatic carbocycles. The number of halogens is 2. The zero-order valence-electron chi connectivity index (χ0n) is 14.8. The molecule has 0 heterocycles. The quantitative estimate of drug-likeness (QED) is 0.481. The van der Waals surface area contributed by atoms with E-state index in [4.69, 9.17) is 9.16 Å². The van der Waals surface area contributed by atoms with Gasteiger partial charge in [-0.25, -0.2) is 4.39 Å². The number of hydrogen-bond acceptors (Lipinski definition) is 3. The van der Waals surface area contributed by atoms with Crippen molar-refractivity contribution in [1.29, 1.82) is 0 Å². The maximum atomic E-state index is 14.3. The summed E-state index contributed by atoms with van der Waals surface area (Å²) in [6.07, 6.45) is -0.0802. The first-order chi connectivity index (χ1) is 10.5. The van der Waals surface area contributed by atoms with Crippen molar-refractivity contribution in [2.45, 2.75) is 58.9 Å². The predicted octanol–water partition coefficient (Wildman–Crippen LogP) is 5.22. The molecule has 0 N–H and O–H groups in total. The van der Waals surface area contributed by atoms with Gasteiger partial charge in [-0.2, -0.15) is 0 Å². The molecule has 0 unspecified atom stereocenters. The molecule has 0 saturated carbocycles. The highest BCUT2D eigenvalue weighted by molar-refractivity contribution is 9.10. The van der Waals surface area contributed by atoms with Gasteiger partial charge in [0.05, 0.1) is 19.6 Å². The van der Waals surface area contributed by atoms with Crippen LogP contribution in [0.15, 0.2) is 16.6 Å². The third-order valence-electron chi connectivity index (χ3n) is 4.27. The molecule has 130 valence electrons. The van der Waals surface area contributed by atoms with Crippen LogP contribution in [0.4, 0.5) is 4.39 Å². The molecule has 1 aromatic rings. The Morgan fingerprint density at radius 2 is 1.91 bits per heavy atom. The highest BCUT2D eigenvalue weighted by atomic mass is 79.9. The van der Waals surface area contributed by atoms with Crippen LogP contribution in [0, 0.1) is 5.82 Å². The number of rotatable bonds is 6. The smallest absolute Gasteiger partial charge is 0.310 e. The highest BCUT2D eigenvalue weighted by Crippen LogP contribution is 2.37. The van der Waals surface area contributed by atoms with Gasteiger partial charge in [-0.05, 0) is 42.8 Å². The summed E-state index contributed by atoms with van der Waals surface area (Å²) in [6.45, 7) is 13.1. The Labute approximate surface area is 147 Å². The van der Waals surface area contributed by atoms with Crippen molar-refractivity contribution in [2.24, 2.45) is 0 Å². The van der Waals surface area contributed by atoms with Gasteiger partial charge in [0.25, 0.3) is 0 Å². The molecule has 0 aliphatic carbocycles. The summed E-state index contributed by atoms with van der Waals surface area (Å²) in [7, 11) is -1.95. The van der Waals surface area contributed by atoms with Gasteiger partial charge in [0.1, 0.15) is 5.82 Å². The van der Waals surface area contributed by atoms with Gasteiger partial charge in [-0.3, -0.25) is 4.79 Å². The van der Waals surface area contributed by atoms with E-state index >= 15 is 0 Å². The maximum absolute atomic E-state index is 14.3. The number of carbonyl (C=O) groups is 1. The first-order valence-corrected chi connectivity index (χ1v) is 11.4. The fourth-order valence-corrected chi connectivity index (χ4v) is 3.24. The molecule has 0 fully saturated rings. The third-order valence-corrected chi connectivity index (χ3v) is 9.21. The number of carbonyl (C=O) groups excluding carboxylic acids is 1. The van der Waals surface area contributed by atoms with Gasteiger partial charge >= 0.3 is 5.97 Å². The molecule has 0 spiro atoms. The van der Waals surface area contributed by atoms with Crippen LogP contribution in [-0.4, -0.2) is 20.9 Å². The Bertz CT molecular complexity index is 568. The Kier molecular flexibility index (Phi) is 6.98. The van der Waals surface area contributed by atoms with Crippen LogP contribution in [0.1, 0.15) is 38.8 Å². The Hall–Kier alpha value is -0.723. The predicted molar refractivity (Wildman–Crippen MR) is 96.4 cm³/mol. The van der Waals surface area contributed by atoms with E-state index in [2.05, 4.69) is 49.8 Å². The third kappa shape index (κ3) is 5.69. The summed E-state index contributed by atoms with van der Waals surface area (Å²) < 4.78 is 26.0. The van der Waals surface area contributed by atoms with Crippen molar-refractivity contribution in [3.63, 3.8) is 0 Å². The van der Waals surface area contributed by atoms with E-state index in [0.717, 1.165) is 0 Å². The van der Waals surface area contributed by atoms with Gasteiger partial charge in [0.15, 0.2) is 8.32 Å². The lowest BCUT2D eigenvalue weighted by atomic mass is 10.0. The van der Waals surface area contributed by atoms with E-state index in [-0.39, 0.29) is 18.1 Å². The summed E-state index contributed by atoms with van der Waals surface area (Å²) in [5.41, 5.74) is 1.04. The fourth-order valence-electron chi connectivity index (χ4n) is 1.81. The molecule has 0 saturated heterocycles. The molecule has 0 radical (unpaired) electrons. The lowest BCUT2D eigenvalue weighted by Crippen LogP contribution is -2.40. The molecule has 0 aliphatic heterocycles. The fraction of sp³-hybridized carbons (Fsp3) is 0.588. The molecule has 23 heavy (non-hydrogen) atoms. The van der Waals surface area contributed by atoms with Gasteiger partial charge in [0.2, 0.25) is 0 Å². The van der Waals surface area contributed by atoms with E-state index in [9.17, 15) is 9.18 Å². The zero-order chi connectivity index (χ0) is 17.8. The van der Waals surface area contributed by atoms with Gasteiger partial charge in [0, 0.05) is 10.0 Å². The van der Waals surface area contributed by atoms with Crippen LogP contribution in [0.25, 0.3) is 0 Å². The SMILES string of the molecule is CCOC(=O)Cc1c(F)cc(Br)cc1CO[Si](C)(C)C(C)(C)C. The topological polar surface area (TPSA) is 35.5 Å². The Morgan fingerprint density at radius 3 is 2.43 bits per heavy atom. The minimum absolute atomic E-state index is 0.0683. The average molecular weight is 405 g/mol. The lowest BCUT2D eigenvalue weighted by Gasteiger charge is -2.36. The van der Waals surface area contributed by atoms with Gasteiger partial charge in [-0.1, -0.05) is 36.7 Å². The van der Waals surface area contributed by atoms with Gasteiger partial charge < -0.3 is 9.16 Å². The molecular formula is C17H26BrFO3Si. The first-order valence-electron chi connectivity index (χ1n) is 7.74. The van der Waals surface area contributed by atoms with E-state index in [0.29, 0.717) is 22.2 Å². The second-order valence-electron chi connectivity index (χ2n) is 7.06. The van der Waals surface area contributed by atoms with Crippen molar-refractivity contribution in [3.8, 4) is 0 Å². The number of esters is 1. The summed E-state index contributed by atoms with van der Waals surface area (Å²) in [6, 6.07) is 3.18. The van der Waals surface area contributed by atoms with Crippen molar-refractivity contribution in [1.82, 2.24) is 0 Å². The van der Waals surface area contributed by atoms with Crippen molar-refractivity contribution >= 4 is 30.2 Å². The molecule has 0 aliphatic rings. The molecule has 0 atom stereocenters. The Balaban J connectivity index is 3.03. The monoisotopic (exact) mass is 404 g/mol. The molecule has 0 bridgehead atoms. The molecule has 6 heteroatoms. The van der Waals surface area contributed by atoms with E-state index < -0.39 is 20.1 Å². The van der Waals surface area contributed by atoms with E-state index in [1.165, 1.54) is 6.07 Å². The molecule has 1 rings (SSSR count). The van der Waals surface area contributed by atoms with Crippen molar-refractivity contribution in [3.05, 3.63) is 33.5 Å². The average Bonchev–Trinajstić information content (AvgIpc) is 2.39. The van der Waals surface area contributed by atoms with Crippen LogP contribution >= 0.6 is 15.9 Å². The largest absolute Gasteiger partial charge is 0.466 e. The normalized spacial score (nSPS) is 12.3. The molecule has 3 nitrogen and oxygen atoms in total. The number of hydrogen-bond donors (Lipinski definition) is 0. The standard InChI is InChI=1S/C17H26BrFO3Si/c1-7-21-16(20)10-14-12(8-13(18)9-15(14)19)11-22-23(5,6)17(2,3)4/h8-9H,7,10-11H2,1-6H3. The molecule has 0 aromatic heterocycles. The van der Waals surface area contributed by atoms with E-state index in [1.54, 1.807) is 6.92 Å². The second kappa shape index (κ2) is 7.90. The first kappa shape index (κ1) is 20.3. The summed E-state index contributed by atoms with van der Waals surface area (Å²) in [5, 5.41) is 0.0683. The van der Waals surface area contributed by atoms with Crippen LogP contribution in [0.3, 0.4) is 0 Å². The van der Waals surface area contributed by atoms with Crippen LogP contribution in [0.2, 0.25) is 18.1 Å². The molecular weight excluding hydrogens is 379 g/mol. The second-order valence-corrected chi connectivity index (χ2v) is 12.8. The van der Waals surface area contributed by atoms with Crippen LogP contribution in [0.5, 0.6) is 0 Å². The highest BCUT2D eigenvalue weighted by Gasteiger charge is 2.37. The maximum Gasteiger partial charge on any atom is 0.310 e. The Morgan fingerprint density at radius 1 is 1.30 bits per heavy atom. The minimum atomic E-state index is -1.95. The van der Waals surface area contributed by atoms with Crippen LogP contribution in [-0.2, 0) is 27.0 Å². The lowest BCUT2D eigenvalue weighted by molar-refractivity contribution is -0.142.